The first-order valence-electron chi connectivity index (χ1n) is 11.1. The second-order valence-corrected chi connectivity index (χ2v) is 8.58. The first kappa shape index (κ1) is 29.4. The van der Waals surface area contributed by atoms with Gasteiger partial charge in [0.15, 0.2) is 0 Å². The van der Waals surface area contributed by atoms with Crippen LogP contribution >= 0.6 is 11.8 Å². The van der Waals surface area contributed by atoms with Crippen molar-refractivity contribution in [2.24, 2.45) is 11.8 Å². The molecule has 0 aliphatic carbocycles. The number of rotatable bonds is 17. The Balaban J connectivity index is 1.93. The first-order chi connectivity index (χ1) is 16.3. The topological polar surface area (TPSA) is 140 Å². The zero-order valence-electron chi connectivity index (χ0n) is 19.6. The minimum absolute atomic E-state index is 0.123. The molecule has 0 aliphatic rings. The van der Waals surface area contributed by atoms with Crippen LogP contribution in [0, 0.1) is 11.8 Å². The Labute approximate surface area is 204 Å². The minimum atomic E-state index is -0.921. The third kappa shape index (κ3) is 14.5. The van der Waals surface area contributed by atoms with E-state index in [0.29, 0.717) is 18.8 Å². The van der Waals surface area contributed by atoms with Crippen molar-refractivity contribution in [1.82, 2.24) is 10.6 Å². The number of carboxylic acids is 1. The molecule has 1 aromatic carbocycles. The zero-order valence-corrected chi connectivity index (χ0v) is 20.4. The second kappa shape index (κ2) is 17.8. The molecule has 0 aromatic heterocycles. The summed E-state index contributed by atoms with van der Waals surface area (Å²) in [5.74, 6) is -2.02. The van der Waals surface area contributed by atoms with Crippen LogP contribution in [-0.2, 0) is 35.2 Å². The molecule has 0 heterocycles. The number of carboxylic acid groups (broad SMARTS) is 1. The van der Waals surface area contributed by atoms with Gasteiger partial charge in [-0.05, 0) is 23.7 Å². The Morgan fingerprint density at radius 3 is 2.35 bits per heavy atom. The lowest BCUT2D eigenvalue weighted by Gasteiger charge is -2.14. The predicted octanol–water partition coefficient (Wildman–Crippen LogP) is 2.07. The predicted molar refractivity (Wildman–Crippen MR) is 127 cm³/mol. The zero-order chi connectivity index (χ0) is 25.2. The van der Waals surface area contributed by atoms with E-state index in [-0.39, 0.29) is 51.3 Å². The lowest BCUT2D eigenvalue weighted by molar-refractivity contribution is -0.142. The number of thioether (sulfide) groups is 1. The number of hydrogen-bond donors (Lipinski definition) is 3. The highest BCUT2D eigenvalue weighted by Crippen LogP contribution is 2.12. The highest BCUT2D eigenvalue weighted by Gasteiger charge is 2.20. The number of nitrogens with one attached hydrogen (secondary N) is 2. The highest BCUT2D eigenvalue weighted by atomic mass is 32.2. The summed E-state index contributed by atoms with van der Waals surface area (Å²) >= 11 is 0.992. The number of ether oxygens (including phenoxy) is 3. The molecule has 2 atom stereocenters. The molecule has 0 bridgehead atoms. The molecule has 0 saturated carbocycles. The average molecular weight is 499 g/mol. The Hall–Kier alpha value is -2.63. The van der Waals surface area contributed by atoms with Gasteiger partial charge in [0.2, 0.25) is 11.8 Å². The van der Waals surface area contributed by atoms with E-state index < -0.39 is 23.1 Å². The molecule has 2 unspecified atom stereocenters. The van der Waals surface area contributed by atoms with Crippen LogP contribution in [0.2, 0.25) is 0 Å². The van der Waals surface area contributed by atoms with Gasteiger partial charge in [-0.3, -0.25) is 14.4 Å². The van der Waals surface area contributed by atoms with Crippen LogP contribution in [0.15, 0.2) is 30.3 Å². The summed E-state index contributed by atoms with van der Waals surface area (Å²) in [4.78, 5) is 46.1. The van der Waals surface area contributed by atoms with Crippen molar-refractivity contribution in [3.05, 3.63) is 35.9 Å². The number of hydrogen-bond acceptors (Lipinski definition) is 8. The van der Waals surface area contributed by atoms with Gasteiger partial charge in [-0.15, -0.1) is 0 Å². The molecule has 0 fully saturated rings. The van der Waals surface area contributed by atoms with E-state index in [1.54, 1.807) is 13.8 Å². The van der Waals surface area contributed by atoms with Gasteiger partial charge in [-0.1, -0.05) is 44.2 Å². The van der Waals surface area contributed by atoms with Crippen molar-refractivity contribution in [2.45, 2.75) is 26.9 Å². The molecule has 0 spiro atoms. The van der Waals surface area contributed by atoms with E-state index in [4.69, 9.17) is 19.3 Å². The summed E-state index contributed by atoms with van der Waals surface area (Å²) in [6.07, 6.45) is 0.273. The lowest BCUT2D eigenvalue weighted by atomic mass is 9.97. The fraction of sp³-hybridized carbons (Fsp3) is 0.565. The van der Waals surface area contributed by atoms with Gasteiger partial charge in [0, 0.05) is 24.8 Å². The van der Waals surface area contributed by atoms with Crippen LogP contribution in [-0.4, -0.2) is 73.5 Å². The number of amides is 2. The quantitative estimate of drug-likeness (QED) is 0.217. The summed E-state index contributed by atoms with van der Waals surface area (Å²) in [6, 6.07) is 9.37. The van der Waals surface area contributed by atoms with E-state index in [9.17, 15) is 19.2 Å². The fourth-order valence-corrected chi connectivity index (χ4v) is 3.19. The normalized spacial score (nSPS) is 12.4. The van der Waals surface area contributed by atoms with Gasteiger partial charge in [0.1, 0.15) is 13.2 Å². The number of carbonyl (C=O) groups is 4. The molecule has 1 rings (SSSR count). The summed E-state index contributed by atoms with van der Waals surface area (Å²) in [7, 11) is 0. The van der Waals surface area contributed by atoms with Gasteiger partial charge in [0.25, 0.3) is 0 Å². The van der Waals surface area contributed by atoms with Crippen LogP contribution in [0.4, 0.5) is 4.79 Å². The maximum absolute atomic E-state index is 11.9. The second-order valence-electron chi connectivity index (χ2n) is 7.55. The van der Waals surface area contributed by atoms with Crippen LogP contribution < -0.4 is 10.6 Å². The monoisotopic (exact) mass is 498 g/mol. The van der Waals surface area contributed by atoms with Gasteiger partial charge in [-0.2, -0.15) is 0 Å². The molecule has 0 aliphatic heterocycles. The van der Waals surface area contributed by atoms with Crippen molar-refractivity contribution in [1.29, 1.82) is 0 Å². The van der Waals surface area contributed by atoms with Crippen LogP contribution in [0.25, 0.3) is 0 Å². The van der Waals surface area contributed by atoms with Gasteiger partial charge in [-0.25, -0.2) is 4.79 Å². The first-order valence-corrected chi connectivity index (χ1v) is 12.0. The van der Waals surface area contributed by atoms with Crippen LogP contribution in [0.3, 0.4) is 0 Å². The molecule has 2 amide bonds. The van der Waals surface area contributed by atoms with Crippen molar-refractivity contribution < 1.29 is 38.5 Å². The largest absolute Gasteiger partial charge is 0.481 e. The molecular formula is C23H34N2O8S. The third-order valence-corrected chi connectivity index (χ3v) is 5.33. The maximum atomic E-state index is 11.9. The van der Waals surface area contributed by atoms with Crippen molar-refractivity contribution >= 4 is 34.8 Å². The molecule has 190 valence electrons. The molecule has 0 radical (unpaired) electrons. The Morgan fingerprint density at radius 2 is 1.65 bits per heavy atom. The molecule has 1 aromatic rings. The molecule has 11 heteroatoms. The standard InChI is InChI=1S/C23H34N2O8S/c1-17(14-18(2)22(28)29)21(27)25-8-10-31-11-12-32-16-20(26)24-9-13-34-23(30)33-15-19-6-4-3-5-7-19/h3-7,17-18H,8-16H2,1-2H3,(H,24,26)(H,25,27)(H,28,29). The van der Waals surface area contributed by atoms with E-state index in [1.807, 2.05) is 30.3 Å². The summed E-state index contributed by atoms with van der Waals surface area (Å²) in [5, 5.41) is 13.8. The van der Waals surface area contributed by atoms with Crippen molar-refractivity contribution in [2.75, 3.05) is 45.3 Å². The number of carbonyl (C=O) groups excluding carboxylic acids is 3. The lowest BCUT2D eigenvalue weighted by Crippen LogP contribution is -2.33. The Kier molecular flexibility index (Phi) is 15.4. The van der Waals surface area contributed by atoms with E-state index in [1.165, 1.54) is 0 Å². The minimum Gasteiger partial charge on any atom is -0.481 e. The molecule has 0 saturated heterocycles. The van der Waals surface area contributed by atoms with Crippen molar-refractivity contribution in [3.63, 3.8) is 0 Å². The molecule has 34 heavy (non-hydrogen) atoms. The fourth-order valence-electron chi connectivity index (χ4n) is 2.68. The maximum Gasteiger partial charge on any atom is 0.367 e. The van der Waals surface area contributed by atoms with Crippen LogP contribution in [0.1, 0.15) is 25.8 Å². The van der Waals surface area contributed by atoms with E-state index in [2.05, 4.69) is 10.6 Å². The highest BCUT2D eigenvalue weighted by molar-refractivity contribution is 8.13. The molecular weight excluding hydrogens is 464 g/mol. The van der Waals surface area contributed by atoms with Gasteiger partial charge < -0.3 is 30.0 Å². The Bertz CT molecular complexity index is 763. The average Bonchev–Trinajstić information content (AvgIpc) is 2.82. The van der Waals surface area contributed by atoms with E-state index >= 15 is 0 Å². The smallest absolute Gasteiger partial charge is 0.367 e. The Morgan fingerprint density at radius 1 is 0.941 bits per heavy atom. The van der Waals surface area contributed by atoms with Gasteiger partial charge in [0.05, 0.1) is 25.7 Å². The number of aliphatic carboxylic acids is 1. The molecule has 3 N–H and O–H groups in total. The van der Waals surface area contributed by atoms with E-state index in [0.717, 1.165) is 17.3 Å². The summed E-state index contributed by atoms with van der Waals surface area (Å²) < 4.78 is 15.7. The summed E-state index contributed by atoms with van der Waals surface area (Å²) in [5.41, 5.74) is 0.910. The molecule has 10 nitrogen and oxygen atoms in total. The number of benzene rings is 1. The SMILES string of the molecule is CC(CC(C)C(=O)NCCOCCOCC(=O)NCCSC(=O)OCc1ccccc1)C(=O)O. The third-order valence-electron chi connectivity index (χ3n) is 4.57. The van der Waals surface area contributed by atoms with Gasteiger partial charge >= 0.3 is 11.3 Å². The van der Waals surface area contributed by atoms with Crippen LogP contribution in [0.5, 0.6) is 0 Å². The van der Waals surface area contributed by atoms with Crippen molar-refractivity contribution in [3.8, 4) is 0 Å². The summed E-state index contributed by atoms with van der Waals surface area (Å²) in [6.45, 7) is 4.72.